The number of hydrogen-bond acceptors (Lipinski definition) is 4. The van der Waals surface area contributed by atoms with E-state index in [0.29, 0.717) is 25.1 Å². The van der Waals surface area contributed by atoms with E-state index in [4.69, 9.17) is 5.11 Å². The lowest BCUT2D eigenvalue weighted by atomic mass is 9.94. The van der Waals surface area contributed by atoms with Gasteiger partial charge in [0.25, 0.3) is 0 Å². The van der Waals surface area contributed by atoms with E-state index in [-0.39, 0.29) is 11.8 Å². The molecule has 28 heavy (non-hydrogen) atoms. The molecule has 1 amide bonds. The number of amides is 1. The zero-order valence-electron chi connectivity index (χ0n) is 15.6. The van der Waals surface area contributed by atoms with Gasteiger partial charge in [-0.15, -0.1) is 0 Å². The van der Waals surface area contributed by atoms with Gasteiger partial charge < -0.3 is 20.1 Å². The summed E-state index contributed by atoms with van der Waals surface area (Å²) in [6, 6.07) is 11.1. The van der Waals surface area contributed by atoms with Crippen LogP contribution in [0.5, 0.6) is 0 Å². The molecule has 0 bridgehead atoms. The predicted octanol–water partition coefficient (Wildman–Crippen LogP) is 2.70. The summed E-state index contributed by atoms with van der Waals surface area (Å²) in [6.45, 7) is 2.41. The number of nitrogens with zero attached hydrogens (tertiary/aromatic N) is 2. The molecule has 0 spiro atoms. The predicted molar refractivity (Wildman–Crippen MR) is 106 cm³/mol. The number of pyridine rings is 1. The van der Waals surface area contributed by atoms with Gasteiger partial charge in [-0.2, -0.15) is 0 Å². The first-order valence-electron chi connectivity index (χ1n) is 9.33. The van der Waals surface area contributed by atoms with Crippen LogP contribution in [0.4, 0.5) is 5.69 Å². The third-order valence-corrected chi connectivity index (χ3v) is 5.21. The number of anilines is 1. The first kappa shape index (κ1) is 18.2. The largest absolute Gasteiger partial charge is 0.480 e. The maximum atomic E-state index is 12.4. The van der Waals surface area contributed by atoms with Crippen LogP contribution < -0.4 is 10.6 Å². The number of aliphatic carboxylic acids is 1. The Kier molecular flexibility index (Phi) is 4.83. The summed E-state index contributed by atoms with van der Waals surface area (Å²) < 4.78 is 2.00. The Morgan fingerprint density at radius 2 is 2.00 bits per heavy atom. The van der Waals surface area contributed by atoms with Gasteiger partial charge in [-0.3, -0.25) is 9.59 Å². The van der Waals surface area contributed by atoms with E-state index in [9.17, 15) is 9.59 Å². The molecule has 1 aromatic carbocycles. The first-order valence-corrected chi connectivity index (χ1v) is 9.33. The number of aromatic nitrogens is 2. The van der Waals surface area contributed by atoms with Crippen molar-refractivity contribution in [3.63, 3.8) is 0 Å². The van der Waals surface area contributed by atoms with Crippen molar-refractivity contribution in [1.29, 1.82) is 0 Å². The van der Waals surface area contributed by atoms with Gasteiger partial charge in [-0.05, 0) is 43.5 Å². The molecule has 1 fully saturated rings. The number of nitrogens with one attached hydrogen (secondary N) is 2. The van der Waals surface area contributed by atoms with Crippen molar-refractivity contribution in [3.05, 3.63) is 54.4 Å². The normalized spacial score (nSPS) is 19.5. The lowest BCUT2D eigenvalue weighted by Crippen LogP contribution is -2.46. The van der Waals surface area contributed by atoms with Crippen LogP contribution in [0.15, 0.2) is 48.8 Å². The van der Waals surface area contributed by atoms with E-state index in [1.807, 2.05) is 60.1 Å². The van der Waals surface area contributed by atoms with E-state index < -0.39 is 12.0 Å². The monoisotopic (exact) mass is 378 g/mol. The van der Waals surface area contributed by atoms with Gasteiger partial charge in [0.15, 0.2) is 0 Å². The van der Waals surface area contributed by atoms with Gasteiger partial charge in [0.05, 0.1) is 11.6 Å². The van der Waals surface area contributed by atoms with Gasteiger partial charge in [-0.1, -0.05) is 18.2 Å². The Balaban J connectivity index is 1.42. The number of fused-ring (bicyclic) bond motifs is 1. The van der Waals surface area contributed by atoms with Crippen molar-refractivity contribution in [1.82, 2.24) is 14.7 Å². The number of benzene rings is 1. The fraction of sp³-hybridized carbons (Fsp3) is 0.286. The summed E-state index contributed by atoms with van der Waals surface area (Å²) in [6.07, 6.45) is 4.98. The van der Waals surface area contributed by atoms with Crippen LogP contribution in [-0.2, 0) is 9.59 Å². The smallest absolute Gasteiger partial charge is 0.320 e. The Morgan fingerprint density at radius 3 is 2.64 bits per heavy atom. The van der Waals surface area contributed by atoms with E-state index >= 15 is 0 Å². The third-order valence-electron chi connectivity index (χ3n) is 5.21. The minimum atomic E-state index is -0.864. The first-order chi connectivity index (χ1) is 13.5. The van der Waals surface area contributed by atoms with Crippen LogP contribution >= 0.6 is 0 Å². The van der Waals surface area contributed by atoms with E-state index in [1.165, 1.54) is 0 Å². The quantitative estimate of drug-likeness (QED) is 0.649. The lowest BCUT2D eigenvalue weighted by molar-refractivity contribution is -0.141. The maximum Gasteiger partial charge on any atom is 0.320 e. The lowest BCUT2D eigenvalue weighted by Gasteiger charge is -2.26. The SMILES string of the molecule is Cc1cccn2cc(-c3ccc(NC(=O)C4CCC(C(=O)O)NC4)cc3)nc12. The molecule has 144 valence electrons. The van der Waals surface area contributed by atoms with Gasteiger partial charge in [0.1, 0.15) is 11.7 Å². The van der Waals surface area contributed by atoms with Crippen LogP contribution in [-0.4, -0.2) is 39.0 Å². The standard InChI is InChI=1S/C21H22N4O3/c1-13-3-2-10-25-12-18(24-19(13)25)14-4-7-16(8-5-14)23-20(26)15-6-9-17(21(27)28)22-11-15/h2-5,7-8,10,12,15,17,22H,6,9,11H2,1H3,(H,23,26)(H,27,28). The molecular formula is C21H22N4O3. The van der Waals surface area contributed by atoms with Crippen molar-refractivity contribution < 1.29 is 14.7 Å². The highest BCUT2D eigenvalue weighted by Gasteiger charge is 2.29. The Hall–Kier alpha value is -3.19. The molecule has 1 aliphatic rings. The number of imidazole rings is 1. The molecule has 4 rings (SSSR count). The fourth-order valence-electron chi connectivity index (χ4n) is 3.55. The van der Waals surface area contributed by atoms with Crippen LogP contribution in [0.3, 0.4) is 0 Å². The van der Waals surface area contributed by atoms with Crippen LogP contribution in [0, 0.1) is 12.8 Å². The Labute approximate surface area is 162 Å². The number of carbonyl (C=O) groups is 2. The number of piperidine rings is 1. The van der Waals surface area contributed by atoms with Gasteiger partial charge in [-0.25, -0.2) is 4.98 Å². The number of carboxylic acid groups (broad SMARTS) is 1. The summed E-state index contributed by atoms with van der Waals surface area (Å²) >= 11 is 0. The van der Waals surface area contributed by atoms with Crippen molar-refractivity contribution in [2.45, 2.75) is 25.8 Å². The van der Waals surface area contributed by atoms with Crippen molar-refractivity contribution >= 4 is 23.2 Å². The van der Waals surface area contributed by atoms with Crippen molar-refractivity contribution in [2.75, 3.05) is 11.9 Å². The number of rotatable bonds is 4. The molecule has 1 saturated heterocycles. The number of hydrogen-bond donors (Lipinski definition) is 3. The van der Waals surface area contributed by atoms with Crippen molar-refractivity contribution in [3.8, 4) is 11.3 Å². The highest BCUT2D eigenvalue weighted by atomic mass is 16.4. The minimum Gasteiger partial charge on any atom is -0.480 e. The molecular weight excluding hydrogens is 356 g/mol. The third kappa shape index (κ3) is 3.61. The summed E-state index contributed by atoms with van der Waals surface area (Å²) in [4.78, 5) is 28.1. The highest BCUT2D eigenvalue weighted by molar-refractivity contribution is 5.93. The second-order valence-corrected chi connectivity index (χ2v) is 7.19. The topological polar surface area (TPSA) is 95.7 Å². The molecule has 1 aliphatic heterocycles. The van der Waals surface area contributed by atoms with Crippen LogP contribution in [0.25, 0.3) is 16.9 Å². The molecule has 3 N–H and O–H groups in total. The summed E-state index contributed by atoms with van der Waals surface area (Å²) in [5, 5.41) is 14.8. The fourth-order valence-corrected chi connectivity index (χ4v) is 3.55. The summed E-state index contributed by atoms with van der Waals surface area (Å²) in [5.74, 6) is -1.18. The average molecular weight is 378 g/mol. The molecule has 2 unspecified atom stereocenters. The van der Waals surface area contributed by atoms with Gasteiger partial charge in [0.2, 0.25) is 5.91 Å². The summed E-state index contributed by atoms with van der Waals surface area (Å²) in [7, 11) is 0. The highest BCUT2D eigenvalue weighted by Crippen LogP contribution is 2.23. The summed E-state index contributed by atoms with van der Waals surface area (Å²) in [5.41, 5.74) is 4.62. The molecule has 2 aromatic heterocycles. The maximum absolute atomic E-state index is 12.4. The number of carboxylic acids is 1. The molecule has 0 aliphatic carbocycles. The zero-order valence-corrected chi connectivity index (χ0v) is 15.6. The van der Waals surface area contributed by atoms with Crippen molar-refractivity contribution in [2.24, 2.45) is 5.92 Å². The van der Waals surface area contributed by atoms with E-state index in [1.54, 1.807) is 0 Å². The Bertz CT molecular complexity index is 1020. The Morgan fingerprint density at radius 1 is 1.21 bits per heavy atom. The zero-order chi connectivity index (χ0) is 19.7. The minimum absolute atomic E-state index is 0.0903. The molecule has 7 heteroatoms. The second kappa shape index (κ2) is 7.44. The average Bonchev–Trinajstić information content (AvgIpc) is 3.14. The van der Waals surface area contributed by atoms with Gasteiger partial charge >= 0.3 is 5.97 Å². The molecule has 3 aromatic rings. The molecule has 2 atom stereocenters. The van der Waals surface area contributed by atoms with E-state index in [0.717, 1.165) is 22.5 Å². The molecule has 3 heterocycles. The van der Waals surface area contributed by atoms with Crippen LogP contribution in [0.1, 0.15) is 18.4 Å². The van der Waals surface area contributed by atoms with Gasteiger partial charge in [0, 0.05) is 30.2 Å². The molecule has 0 saturated carbocycles. The number of aryl methyl sites for hydroxylation is 1. The molecule has 7 nitrogen and oxygen atoms in total. The van der Waals surface area contributed by atoms with Crippen LogP contribution in [0.2, 0.25) is 0 Å². The van der Waals surface area contributed by atoms with E-state index in [2.05, 4.69) is 15.6 Å². The molecule has 0 radical (unpaired) electrons. The second-order valence-electron chi connectivity index (χ2n) is 7.19. The number of carbonyl (C=O) groups excluding carboxylic acids is 1.